The van der Waals surface area contributed by atoms with Gasteiger partial charge < -0.3 is 9.47 Å². The molecule has 0 N–H and O–H groups in total. The second-order valence-corrected chi connectivity index (χ2v) is 8.23. The summed E-state index contributed by atoms with van der Waals surface area (Å²) >= 11 is 0. The number of aryl methyl sites for hydroxylation is 1. The smallest absolute Gasteiger partial charge is 0.263 e. The molecule has 148 valence electrons. The third kappa shape index (κ3) is 3.90. The molecule has 1 amide bonds. The monoisotopic (exact) mass is 379 g/mol. The number of rotatable bonds is 6. The van der Waals surface area contributed by atoms with Gasteiger partial charge in [-0.3, -0.25) is 14.5 Å². The van der Waals surface area contributed by atoms with Gasteiger partial charge in [0.25, 0.3) is 11.5 Å². The number of carbonyl (C=O) groups is 1. The molecular weight excluding hydrogens is 350 g/mol. The molecule has 2 fully saturated rings. The number of pyridine rings is 1. The zero-order valence-corrected chi connectivity index (χ0v) is 16.9. The van der Waals surface area contributed by atoms with E-state index in [-0.39, 0.29) is 17.5 Å². The summed E-state index contributed by atoms with van der Waals surface area (Å²) in [6.07, 6.45) is 6.41. The fourth-order valence-corrected chi connectivity index (χ4v) is 4.11. The molecule has 2 aromatic rings. The summed E-state index contributed by atoms with van der Waals surface area (Å²) in [7, 11) is 1.79. The highest BCUT2D eigenvalue weighted by Crippen LogP contribution is 2.33. The van der Waals surface area contributed by atoms with Crippen molar-refractivity contribution in [3.8, 4) is 0 Å². The summed E-state index contributed by atoms with van der Waals surface area (Å²) < 4.78 is 1.73. The first-order valence-corrected chi connectivity index (χ1v) is 10.3. The lowest BCUT2D eigenvalue weighted by Gasteiger charge is -2.22. The third-order valence-corrected chi connectivity index (χ3v) is 5.95. The third-order valence-electron chi connectivity index (χ3n) is 5.95. The molecule has 2 heterocycles. The van der Waals surface area contributed by atoms with Crippen molar-refractivity contribution in [1.29, 1.82) is 0 Å². The van der Waals surface area contributed by atoms with Crippen LogP contribution in [0.3, 0.4) is 0 Å². The van der Waals surface area contributed by atoms with Crippen molar-refractivity contribution in [2.75, 3.05) is 20.1 Å². The highest BCUT2D eigenvalue weighted by Gasteiger charge is 2.28. The second kappa shape index (κ2) is 7.92. The van der Waals surface area contributed by atoms with Crippen LogP contribution >= 0.6 is 0 Å². The SMILES string of the molecule is Cc1ccn(C2CC2)c(=O)c1C(=O)N(C)Cc1ccccc1CN1CCCC1. The Balaban J connectivity index is 1.54. The molecule has 1 saturated heterocycles. The van der Waals surface area contributed by atoms with Crippen molar-refractivity contribution < 1.29 is 4.79 Å². The first kappa shape index (κ1) is 18.9. The van der Waals surface area contributed by atoms with Crippen LogP contribution in [0, 0.1) is 6.92 Å². The van der Waals surface area contributed by atoms with E-state index in [9.17, 15) is 9.59 Å². The van der Waals surface area contributed by atoms with Gasteiger partial charge in [0.15, 0.2) is 0 Å². The van der Waals surface area contributed by atoms with E-state index in [2.05, 4.69) is 23.1 Å². The highest BCUT2D eigenvalue weighted by atomic mass is 16.2. The van der Waals surface area contributed by atoms with Gasteiger partial charge in [-0.25, -0.2) is 0 Å². The van der Waals surface area contributed by atoms with Crippen LogP contribution < -0.4 is 5.56 Å². The number of amides is 1. The standard InChI is InChI=1S/C23H29N3O2/c1-17-11-14-26(20-9-10-20)23(28)21(17)22(27)24(2)15-18-7-3-4-8-19(18)16-25-12-5-6-13-25/h3-4,7-8,11,14,20H,5-6,9-10,12-13,15-16H2,1-2H3. The van der Waals surface area contributed by atoms with Crippen molar-refractivity contribution in [2.45, 2.75) is 51.7 Å². The van der Waals surface area contributed by atoms with E-state index in [1.54, 1.807) is 16.5 Å². The minimum absolute atomic E-state index is 0.148. The van der Waals surface area contributed by atoms with Gasteiger partial charge in [0, 0.05) is 32.4 Å². The van der Waals surface area contributed by atoms with Crippen molar-refractivity contribution >= 4 is 5.91 Å². The molecule has 0 spiro atoms. The largest absolute Gasteiger partial charge is 0.337 e. The number of carbonyl (C=O) groups excluding carboxylic acids is 1. The van der Waals surface area contributed by atoms with Crippen molar-refractivity contribution in [2.24, 2.45) is 0 Å². The normalized spacial score (nSPS) is 17.1. The van der Waals surface area contributed by atoms with Crippen LogP contribution in [-0.2, 0) is 13.1 Å². The molecule has 0 radical (unpaired) electrons. The molecule has 1 aliphatic heterocycles. The number of aromatic nitrogens is 1. The lowest BCUT2D eigenvalue weighted by atomic mass is 10.1. The molecular formula is C23H29N3O2. The van der Waals surface area contributed by atoms with Gasteiger partial charge in [-0.05, 0) is 68.5 Å². The molecule has 4 rings (SSSR count). The number of hydrogen-bond donors (Lipinski definition) is 0. The fourth-order valence-electron chi connectivity index (χ4n) is 4.11. The van der Waals surface area contributed by atoms with E-state index in [1.165, 1.54) is 18.4 Å². The van der Waals surface area contributed by atoms with Crippen LogP contribution in [0.25, 0.3) is 0 Å². The summed E-state index contributed by atoms with van der Waals surface area (Å²) in [6.45, 7) is 5.58. The van der Waals surface area contributed by atoms with E-state index >= 15 is 0 Å². The average Bonchev–Trinajstić information content (AvgIpc) is 3.39. The highest BCUT2D eigenvalue weighted by molar-refractivity contribution is 5.95. The first-order chi connectivity index (χ1) is 13.5. The summed E-state index contributed by atoms with van der Waals surface area (Å²) in [4.78, 5) is 30.2. The maximum Gasteiger partial charge on any atom is 0.263 e. The Morgan fingerprint density at radius 1 is 1.11 bits per heavy atom. The Morgan fingerprint density at radius 2 is 1.79 bits per heavy atom. The molecule has 5 nitrogen and oxygen atoms in total. The minimum Gasteiger partial charge on any atom is -0.337 e. The number of hydrogen-bond acceptors (Lipinski definition) is 3. The summed E-state index contributed by atoms with van der Waals surface area (Å²) in [6, 6.07) is 10.5. The molecule has 5 heteroatoms. The van der Waals surface area contributed by atoms with Crippen LogP contribution in [0.2, 0.25) is 0 Å². The van der Waals surface area contributed by atoms with Gasteiger partial charge in [-0.1, -0.05) is 24.3 Å². The van der Waals surface area contributed by atoms with Gasteiger partial charge in [-0.15, -0.1) is 0 Å². The molecule has 1 saturated carbocycles. The van der Waals surface area contributed by atoms with Gasteiger partial charge in [0.05, 0.1) is 0 Å². The van der Waals surface area contributed by atoms with E-state index in [1.807, 2.05) is 25.3 Å². The van der Waals surface area contributed by atoms with Crippen LogP contribution in [0.1, 0.15) is 58.8 Å². The van der Waals surface area contributed by atoms with E-state index < -0.39 is 0 Å². The lowest BCUT2D eigenvalue weighted by molar-refractivity contribution is 0.0781. The Bertz CT molecular complexity index is 924. The molecule has 0 atom stereocenters. The topological polar surface area (TPSA) is 45.6 Å². The van der Waals surface area contributed by atoms with Crippen LogP contribution in [0.4, 0.5) is 0 Å². The zero-order valence-electron chi connectivity index (χ0n) is 16.9. The van der Waals surface area contributed by atoms with E-state index in [4.69, 9.17) is 0 Å². The van der Waals surface area contributed by atoms with Crippen LogP contribution in [0.5, 0.6) is 0 Å². The summed E-state index contributed by atoms with van der Waals surface area (Å²) in [5.74, 6) is -0.187. The van der Waals surface area contributed by atoms with E-state index in [0.29, 0.717) is 12.1 Å². The Labute approximate surface area is 166 Å². The molecule has 2 aliphatic rings. The molecule has 28 heavy (non-hydrogen) atoms. The Hall–Kier alpha value is -2.40. The van der Waals surface area contributed by atoms with Crippen LogP contribution in [-0.4, -0.2) is 40.4 Å². The molecule has 1 aliphatic carbocycles. The molecule has 1 aromatic carbocycles. The maximum absolute atomic E-state index is 13.1. The van der Waals surface area contributed by atoms with Gasteiger partial charge in [-0.2, -0.15) is 0 Å². The first-order valence-electron chi connectivity index (χ1n) is 10.3. The minimum atomic E-state index is -0.187. The Kier molecular flexibility index (Phi) is 5.36. The fraction of sp³-hybridized carbons (Fsp3) is 0.478. The zero-order chi connectivity index (χ0) is 19.7. The molecule has 0 bridgehead atoms. The number of nitrogens with zero attached hydrogens (tertiary/aromatic N) is 3. The lowest BCUT2D eigenvalue weighted by Crippen LogP contribution is -2.35. The van der Waals surface area contributed by atoms with Crippen molar-refractivity contribution in [3.63, 3.8) is 0 Å². The predicted molar refractivity (Wildman–Crippen MR) is 110 cm³/mol. The summed E-state index contributed by atoms with van der Waals surface area (Å²) in [5.41, 5.74) is 3.34. The Morgan fingerprint density at radius 3 is 2.46 bits per heavy atom. The molecule has 0 unspecified atom stereocenters. The van der Waals surface area contributed by atoms with Gasteiger partial charge in [0.1, 0.15) is 5.56 Å². The number of benzene rings is 1. The molecule has 1 aromatic heterocycles. The number of likely N-dealkylation sites (tertiary alicyclic amines) is 1. The van der Waals surface area contributed by atoms with Crippen LogP contribution in [0.15, 0.2) is 41.3 Å². The average molecular weight is 380 g/mol. The summed E-state index contributed by atoms with van der Waals surface area (Å²) in [5, 5.41) is 0. The second-order valence-electron chi connectivity index (χ2n) is 8.23. The van der Waals surface area contributed by atoms with E-state index in [0.717, 1.165) is 43.6 Å². The predicted octanol–water partition coefficient (Wildman–Crippen LogP) is 3.36. The van der Waals surface area contributed by atoms with Gasteiger partial charge in [0.2, 0.25) is 0 Å². The van der Waals surface area contributed by atoms with Crippen molar-refractivity contribution in [3.05, 3.63) is 69.1 Å². The van der Waals surface area contributed by atoms with Gasteiger partial charge >= 0.3 is 0 Å². The maximum atomic E-state index is 13.1. The van der Waals surface area contributed by atoms with Crippen molar-refractivity contribution in [1.82, 2.24) is 14.4 Å². The quantitative estimate of drug-likeness (QED) is 0.773.